The van der Waals surface area contributed by atoms with Crippen molar-refractivity contribution in [1.29, 1.82) is 0 Å². The molecule has 3 rings (SSSR count). The molecule has 0 aromatic heterocycles. The predicted molar refractivity (Wildman–Crippen MR) is 101 cm³/mol. The number of carbonyl (C=O) groups is 2. The second-order valence-electron chi connectivity index (χ2n) is 5.90. The van der Waals surface area contributed by atoms with E-state index >= 15 is 0 Å². The minimum atomic E-state index is -0.588. The van der Waals surface area contributed by atoms with Gasteiger partial charge in [-0.2, -0.15) is 0 Å². The van der Waals surface area contributed by atoms with E-state index in [1.165, 1.54) is 52.7 Å². The summed E-state index contributed by atoms with van der Waals surface area (Å²) in [5.74, 6) is -0.293. The first kappa shape index (κ1) is 19.7. The van der Waals surface area contributed by atoms with Crippen LogP contribution in [0.1, 0.15) is 18.9 Å². The van der Waals surface area contributed by atoms with Crippen LogP contribution in [0.3, 0.4) is 0 Å². The van der Waals surface area contributed by atoms with Gasteiger partial charge in [-0.05, 0) is 29.9 Å². The number of rotatable bonds is 8. The summed E-state index contributed by atoms with van der Waals surface area (Å²) < 4.78 is 6.10. The molecule has 2 heterocycles. The third-order valence-electron chi connectivity index (χ3n) is 4.24. The summed E-state index contributed by atoms with van der Waals surface area (Å²) in [6, 6.07) is 5.75. The van der Waals surface area contributed by atoms with Gasteiger partial charge in [-0.15, -0.1) is 11.8 Å². The van der Waals surface area contributed by atoms with E-state index in [1.54, 1.807) is 0 Å². The van der Waals surface area contributed by atoms with Gasteiger partial charge in [0.1, 0.15) is 6.61 Å². The summed E-state index contributed by atoms with van der Waals surface area (Å²) in [6.45, 7) is 1.85. The second-order valence-corrected chi connectivity index (χ2v) is 8.56. The van der Waals surface area contributed by atoms with Crippen molar-refractivity contribution >= 4 is 41.1 Å². The fourth-order valence-electron chi connectivity index (χ4n) is 2.91. The third-order valence-corrected chi connectivity index (χ3v) is 6.82. The lowest BCUT2D eigenvalue weighted by Crippen LogP contribution is -2.57. The molecule has 1 saturated heterocycles. The summed E-state index contributed by atoms with van der Waals surface area (Å²) in [5, 5.41) is 19.6. The predicted octanol–water partition coefficient (Wildman–Crippen LogP) is 2.47. The fraction of sp³-hybridized carbons (Fsp3) is 0.412. The molecule has 0 aliphatic carbocycles. The number of ether oxygens (including phenoxy) is 1. The van der Waals surface area contributed by atoms with Crippen LogP contribution in [-0.2, 0) is 20.9 Å². The third kappa shape index (κ3) is 3.83. The van der Waals surface area contributed by atoms with Crippen molar-refractivity contribution in [3.63, 3.8) is 0 Å². The van der Waals surface area contributed by atoms with Crippen LogP contribution in [0.2, 0.25) is 0 Å². The van der Waals surface area contributed by atoms with Gasteiger partial charge in [0.25, 0.3) is 5.69 Å². The molecule has 0 radical (unpaired) electrons. The van der Waals surface area contributed by atoms with Crippen LogP contribution >= 0.6 is 23.5 Å². The van der Waals surface area contributed by atoms with Crippen molar-refractivity contribution in [2.24, 2.45) is 5.92 Å². The van der Waals surface area contributed by atoms with Crippen LogP contribution in [0, 0.1) is 16.0 Å². The van der Waals surface area contributed by atoms with E-state index in [0.717, 1.165) is 9.99 Å². The highest BCUT2D eigenvalue weighted by molar-refractivity contribution is 8.22. The molecule has 2 aliphatic heterocycles. The lowest BCUT2D eigenvalue weighted by molar-refractivity contribution is -0.384. The van der Waals surface area contributed by atoms with Gasteiger partial charge in [0.05, 0.1) is 20.5 Å². The molecule has 8 nitrogen and oxygen atoms in total. The Bertz CT molecular complexity index is 795. The number of hydrogen-bond donors (Lipinski definition) is 1. The molecular formula is C17H18N2O6S2. The Hall–Kier alpha value is -2.04. The second kappa shape index (κ2) is 8.32. The van der Waals surface area contributed by atoms with Gasteiger partial charge in [-0.3, -0.25) is 19.8 Å². The largest absolute Gasteiger partial charge is 0.456 e. The molecule has 1 fully saturated rings. The summed E-state index contributed by atoms with van der Waals surface area (Å²) in [4.78, 5) is 36.6. The molecule has 0 spiro atoms. The van der Waals surface area contributed by atoms with E-state index in [2.05, 4.69) is 0 Å². The summed E-state index contributed by atoms with van der Waals surface area (Å²) in [7, 11) is 0. The lowest BCUT2D eigenvalue weighted by atomic mass is 9.94. The highest BCUT2D eigenvalue weighted by atomic mass is 32.2. The number of esters is 1. The van der Waals surface area contributed by atoms with Crippen molar-refractivity contribution in [2.45, 2.75) is 25.3 Å². The zero-order chi connectivity index (χ0) is 19.6. The standard InChI is InChI=1S/C17H18N2O6S2/c1-2-26-17-13(18-14(21)12(7-8-20)15(18)27-17)16(22)25-9-10-3-5-11(6-4-10)19(23)24/h3-6,12,15,20H,2,7-9H2,1H3/t12?,15-/m1/s1. The smallest absolute Gasteiger partial charge is 0.357 e. The lowest BCUT2D eigenvalue weighted by Gasteiger charge is -2.42. The van der Waals surface area contributed by atoms with E-state index in [9.17, 15) is 19.7 Å². The Morgan fingerprint density at radius 1 is 1.41 bits per heavy atom. The van der Waals surface area contributed by atoms with E-state index < -0.39 is 10.9 Å². The topological polar surface area (TPSA) is 110 Å². The van der Waals surface area contributed by atoms with Gasteiger partial charge < -0.3 is 9.84 Å². The minimum Gasteiger partial charge on any atom is -0.456 e. The fourth-order valence-corrected chi connectivity index (χ4v) is 5.66. The zero-order valence-corrected chi connectivity index (χ0v) is 16.1. The molecule has 1 unspecified atom stereocenters. The number of non-ortho nitro benzene ring substituents is 1. The Morgan fingerprint density at radius 3 is 2.70 bits per heavy atom. The summed E-state index contributed by atoms with van der Waals surface area (Å²) >= 11 is 2.94. The number of nitro groups is 1. The van der Waals surface area contributed by atoms with E-state index in [-0.39, 0.29) is 41.8 Å². The van der Waals surface area contributed by atoms with Crippen molar-refractivity contribution in [3.05, 3.63) is 49.9 Å². The molecular weight excluding hydrogens is 392 g/mol. The maximum absolute atomic E-state index is 12.6. The Balaban J connectivity index is 1.69. The highest BCUT2D eigenvalue weighted by Crippen LogP contribution is 2.53. The maximum atomic E-state index is 12.6. The van der Waals surface area contributed by atoms with Crippen LogP contribution in [0.4, 0.5) is 5.69 Å². The van der Waals surface area contributed by atoms with Gasteiger partial charge >= 0.3 is 5.97 Å². The van der Waals surface area contributed by atoms with Crippen molar-refractivity contribution in [3.8, 4) is 0 Å². The highest BCUT2D eigenvalue weighted by Gasteiger charge is 2.55. The van der Waals surface area contributed by atoms with Gasteiger partial charge in [0.2, 0.25) is 5.91 Å². The van der Waals surface area contributed by atoms with Crippen LogP contribution in [0.25, 0.3) is 0 Å². The van der Waals surface area contributed by atoms with Crippen LogP contribution in [0.5, 0.6) is 0 Å². The quantitative estimate of drug-likeness (QED) is 0.301. The van der Waals surface area contributed by atoms with Gasteiger partial charge in [0, 0.05) is 18.7 Å². The number of β-lactam (4-membered cyclic amide) rings is 1. The number of amides is 1. The average Bonchev–Trinajstić information content (AvgIpc) is 3.00. The van der Waals surface area contributed by atoms with Crippen LogP contribution in [-0.4, -0.2) is 44.5 Å². The number of hydrogen-bond acceptors (Lipinski definition) is 8. The SMILES string of the molecule is CCSC1=C(C(=O)OCc2ccc([N+](=O)[O-])cc2)N2C(=O)C(CCO)[C@H]2S1. The number of thioether (sulfide) groups is 2. The van der Waals surface area contributed by atoms with E-state index in [4.69, 9.17) is 9.84 Å². The Labute approximate surface area is 164 Å². The van der Waals surface area contributed by atoms with Gasteiger partial charge in [0.15, 0.2) is 5.70 Å². The van der Waals surface area contributed by atoms with Crippen molar-refractivity contribution in [2.75, 3.05) is 12.4 Å². The van der Waals surface area contributed by atoms with E-state index in [1.807, 2.05) is 6.92 Å². The molecule has 1 aromatic rings. The first-order valence-corrected chi connectivity index (χ1v) is 10.2. The first-order valence-electron chi connectivity index (χ1n) is 8.36. The molecule has 1 N–H and O–H groups in total. The minimum absolute atomic E-state index is 0.0365. The average molecular weight is 410 g/mol. The number of nitrogens with zero attached hydrogens (tertiary/aromatic N) is 2. The molecule has 144 valence electrons. The number of nitro benzene ring substituents is 1. The number of fused-ring (bicyclic) bond motifs is 1. The Kier molecular flexibility index (Phi) is 6.08. The first-order chi connectivity index (χ1) is 13.0. The van der Waals surface area contributed by atoms with Crippen LogP contribution < -0.4 is 0 Å². The zero-order valence-electron chi connectivity index (χ0n) is 14.5. The van der Waals surface area contributed by atoms with Crippen molar-refractivity contribution in [1.82, 2.24) is 4.90 Å². The van der Waals surface area contributed by atoms with Gasteiger partial charge in [-0.1, -0.05) is 18.7 Å². The summed E-state index contributed by atoms with van der Waals surface area (Å²) in [6.07, 6.45) is 0.377. The number of aliphatic hydroxyl groups is 1. The molecule has 0 saturated carbocycles. The molecule has 1 amide bonds. The molecule has 2 atom stereocenters. The summed E-state index contributed by atoms with van der Waals surface area (Å²) in [5.41, 5.74) is 0.845. The Morgan fingerprint density at radius 2 is 2.11 bits per heavy atom. The molecule has 2 aliphatic rings. The number of benzene rings is 1. The molecule has 1 aromatic carbocycles. The number of aliphatic hydroxyl groups excluding tert-OH is 1. The maximum Gasteiger partial charge on any atom is 0.357 e. The molecule has 10 heteroatoms. The molecule has 0 bridgehead atoms. The normalized spacial score (nSPS) is 21.1. The van der Waals surface area contributed by atoms with Crippen LogP contribution in [0.15, 0.2) is 34.2 Å². The van der Waals surface area contributed by atoms with Crippen molar-refractivity contribution < 1.29 is 24.4 Å². The molecule has 27 heavy (non-hydrogen) atoms. The number of carbonyl (C=O) groups excluding carboxylic acids is 2. The monoisotopic (exact) mass is 410 g/mol. The van der Waals surface area contributed by atoms with E-state index in [0.29, 0.717) is 12.0 Å². The van der Waals surface area contributed by atoms with Gasteiger partial charge in [-0.25, -0.2) is 4.79 Å².